The van der Waals surface area contributed by atoms with Crippen LogP contribution in [0, 0.1) is 28.9 Å². The van der Waals surface area contributed by atoms with Gasteiger partial charge < -0.3 is 5.11 Å². The Hall–Kier alpha value is -4.37. The van der Waals surface area contributed by atoms with Crippen molar-refractivity contribution in [3.8, 4) is 0 Å². The first-order chi connectivity index (χ1) is 17.7. The van der Waals surface area contributed by atoms with E-state index in [-0.39, 0.29) is 18.7 Å². The Morgan fingerprint density at radius 2 is 1.62 bits per heavy atom. The largest absolute Gasteiger partial charge is 0.480 e. The van der Waals surface area contributed by atoms with Crippen molar-refractivity contribution in [1.82, 2.24) is 10.2 Å². The lowest BCUT2D eigenvalue weighted by atomic mass is 9.76. The minimum absolute atomic E-state index is 0.0548. The summed E-state index contributed by atoms with van der Waals surface area (Å²) >= 11 is 0. The molecule has 2 saturated heterocycles. The lowest BCUT2D eigenvalue weighted by molar-refractivity contribution is -0.384. The number of nitrogens with one attached hydrogen (secondary N) is 1. The van der Waals surface area contributed by atoms with E-state index in [0.717, 1.165) is 16.7 Å². The molecule has 2 heterocycles. The average molecular weight is 500 g/mol. The third-order valence-electron chi connectivity index (χ3n) is 7.46. The van der Waals surface area contributed by atoms with Gasteiger partial charge in [0.25, 0.3) is 5.69 Å². The fourth-order valence-corrected chi connectivity index (χ4v) is 5.68. The normalized spacial score (nSPS) is 24.8. The van der Waals surface area contributed by atoms with Crippen molar-refractivity contribution in [2.45, 2.75) is 31.5 Å². The Morgan fingerprint density at radius 1 is 0.973 bits per heavy atom. The topological polar surface area (TPSA) is 130 Å². The summed E-state index contributed by atoms with van der Waals surface area (Å²) in [5.74, 6) is -4.26. The van der Waals surface area contributed by atoms with Crippen LogP contribution in [0.4, 0.5) is 5.69 Å². The highest BCUT2D eigenvalue weighted by Gasteiger charge is 2.68. The van der Waals surface area contributed by atoms with Gasteiger partial charge in [-0.15, -0.1) is 0 Å². The summed E-state index contributed by atoms with van der Waals surface area (Å²) in [4.78, 5) is 52.3. The van der Waals surface area contributed by atoms with E-state index in [1.54, 1.807) is 0 Å². The number of non-ortho nitro benzene ring substituents is 1. The number of carboxylic acids is 1. The van der Waals surface area contributed by atoms with E-state index in [9.17, 15) is 29.6 Å². The molecule has 5 rings (SSSR count). The van der Waals surface area contributed by atoms with Gasteiger partial charge in [-0.2, -0.15) is 0 Å². The van der Waals surface area contributed by atoms with Crippen LogP contribution < -0.4 is 5.32 Å². The number of carbonyl (C=O) groups is 3. The van der Waals surface area contributed by atoms with Crippen molar-refractivity contribution in [3.05, 3.63) is 111 Å². The molecule has 9 heteroatoms. The molecule has 2 aliphatic rings. The van der Waals surface area contributed by atoms with Crippen LogP contribution >= 0.6 is 0 Å². The van der Waals surface area contributed by atoms with Gasteiger partial charge in [0.15, 0.2) is 0 Å². The Labute approximate surface area is 212 Å². The molecule has 0 saturated carbocycles. The maximum atomic E-state index is 13.8. The maximum Gasteiger partial charge on any atom is 0.325 e. The maximum absolute atomic E-state index is 13.8. The highest BCUT2D eigenvalue weighted by atomic mass is 16.6. The number of carbonyl (C=O) groups excluding carboxylic acids is 2. The van der Waals surface area contributed by atoms with Gasteiger partial charge in [0.2, 0.25) is 11.8 Å². The minimum atomic E-state index is -1.79. The SMILES string of the molecule is Cc1ccccc1C1NC(Cc2ccc([N+](=O)[O-])cc2)(C(=O)O)C2C(=O)N(Cc3ccccc3)C(=O)C12. The Kier molecular flexibility index (Phi) is 6.08. The highest BCUT2D eigenvalue weighted by Crippen LogP contribution is 2.50. The first-order valence-electron chi connectivity index (χ1n) is 11.9. The molecule has 0 bridgehead atoms. The number of rotatable bonds is 7. The van der Waals surface area contributed by atoms with E-state index in [1.165, 1.54) is 29.2 Å². The van der Waals surface area contributed by atoms with E-state index < -0.39 is 46.1 Å². The van der Waals surface area contributed by atoms with Crippen LogP contribution in [0.2, 0.25) is 0 Å². The second-order valence-electron chi connectivity index (χ2n) is 9.61. The standard InChI is InChI=1S/C28H25N3O6/c1-17-7-5-6-10-21(17)24-22-23(26(33)30(25(22)32)16-19-8-3-2-4-9-19)28(29-24,27(34)35)15-18-11-13-20(14-12-18)31(36)37/h2-14,22-24,29H,15-16H2,1H3,(H,34,35). The van der Waals surface area contributed by atoms with Gasteiger partial charge in [0, 0.05) is 24.6 Å². The number of amides is 2. The Morgan fingerprint density at radius 3 is 2.24 bits per heavy atom. The van der Waals surface area contributed by atoms with Gasteiger partial charge in [-0.05, 0) is 29.2 Å². The quantitative estimate of drug-likeness (QED) is 0.289. The molecule has 0 radical (unpaired) electrons. The van der Waals surface area contributed by atoms with Gasteiger partial charge in [0.05, 0.1) is 23.3 Å². The molecule has 2 N–H and O–H groups in total. The highest BCUT2D eigenvalue weighted by molar-refractivity contribution is 6.09. The van der Waals surface area contributed by atoms with Gasteiger partial charge in [-0.25, -0.2) is 0 Å². The number of fused-ring (bicyclic) bond motifs is 1. The second-order valence-corrected chi connectivity index (χ2v) is 9.61. The van der Waals surface area contributed by atoms with Gasteiger partial charge in [-0.1, -0.05) is 66.7 Å². The van der Waals surface area contributed by atoms with Crippen LogP contribution in [0.5, 0.6) is 0 Å². The summed E-state index contributed by atoms with van der Waals surface area (Å²) in [6.07, 6.45) is -0.123. The zero-order valence-electron chi connectivity index (χ0n) is 20.0. The molecule has 2 fully saturated rings. The number of benzene rings is 3. The molecule has 3 aromatic rings. The van der Waals surface area contributed by atoms with Crippen molar-refractivity contribution in [1.29, 1.82) is 0 Å². The molecule has 37 heavy (non-hydrogen) atoms. The van der Waals surface area contributed by atoms with E-state index in [2.05, 4.69) is 5.32 Å². The summed E-state index contributed by atoms with van der Waals surface area (Å²) < 4.78 is 0. The predicted octanol–water partition coefficient (Wildman–Crippen LogP) is 3.42. The lowest BCUT2D eigenvalue weighted by Crippen LogP contribution is -2.57. The van der Waals surface area contributed by atoms with Crippen molar-refractivity contribution >= 4 is 23.5 Å². The molecule has 0 aromatic heterocycles. The van der Waals surface area contributed by atoms with Crippen molar-refractivity contribution < 1.29 is 24.4 Å². The monoisotopic (exact) mass is 499 g/mol. The number of nitrogens with zero attached hydrogens (tertiary/aromatic N) is 2. The van der Waals surface area contributed by atoms with E-state index in [1.807, 2.05) is 61.5 Å². The number of imide groups is 1. The molecular formula is C28H25N3O6. The molecule has 2 aliphatic heterocycles. The molecular weight excluding hydrogens is 474 g/mol. The summed E-state index contributed by atoms with van der Waals surface area (Å²) in [5, 5.41) is 24.9. The average Bonchev–Trinajstić information content (AvgIpc) is 3.35. The molecule has 4 atom stereocenters. The van der Waals surface area contributed by atoms with E-state index in [4.69, 9.17) is 0 Å². The third kappa shape index (κ3) is 4.07. The van der Waals surface area contributed by atoms with E-state index in [0.29, 0.717) is 5.56 Å². The molecule has 4 unspecified atom stereocenters. The Balaban J connectivity index is 1.60. The Bertz CT molecular complexity index is 1390. The van der Waals surface area contributed by atoms with Crippen molar-refractivity contribution in [2.75, 3.05) is 0 Å². The molecule has 9 nitrogen and oxygen atoms in total. The number of aliphatic carboxylic acids is 1. The van der Waals surface area contributed by atoms with Gasteiger partial charge >= 0.3 is 5.97 Å². The van der Waals surface area contributed by atoms with E-state index >= 15 is 0 Å². The number of hydrogen-bond acceptors (Lipinski definition) is 6. The number of hydrogen-bond donors (Lipinski definition) is 2. The molecule has 0 spiro atoms. The van der Waals surface area contributed by atoms with Gasteiger partial charge in [0.1, 0.15) is 5.54 Å². The molecule has 2 amide bonds. The van der Waals surface area contributed by atoms with Crippen LogP contribution in [-0.4, -0.2) is 38.3 Å². The first kappa shape index (κ1) is 24.3. The smallest absolute Gasteiger partial charge is 0.325 e. The summed E-state index contributed by atoms with van der Waals surface area (Å²) in [6, 6.07) is 21.4. The number of nitro benzene ring substituents is 1. The predicted molar refractivity (Wildman–Crippen MR) is 133 cm³/mol. The van der Waals surface area contributed by atoms with Crippen LogP contribution in [-0.2, 0) is 27.3 Å². The van der Waals surface area contributed by atoms with Gasteiger partial charge in [-0.3, -0.25) is 34.7 Å². The second kappa shape index (κ2) is 9.25. The molecule has 3 aromatic carbocycles. The van der Waals surface area contributed by atoms with Crippen LogP contribution in [0.3, 0.4) is 0 Å². The number of nitro groups is 1. The fraction of sp³-hybridized carbons (Fsp3) is 0.250. The van der Waals surface area contributed by atoms with Crippen LogP contribution in [0.1, 0.15) is 28.3 Å². The number of aryl methyl sites for hydroxylation is 1. The number of likely N-dealkylation sites (tertiary alicyclic amines) is 1. The lowest BCUT2D eigenvalue weighted by Gasteiger charge is -2.31. The summed E-state index contributed by atoms with van der Waals surface area (Å²) in [6.45, 7) is 1.94. The molecule has 0 aliphatic carbocycles. The summed E-state index contributed by atoms with van der Waals surface area (Å²) in [7, 11) is 0. The zero-order chi connectivity index (χ0) is 26.3. The minimum Gasteiger partial charge on any atom is -0.480 e. The van der Waals surface area contributed by atoms with Crippen LogP contribution in [0.15, 0.2) is 78.9 Å². The molecule has 188 valence electrons. The third-order valence-corrected chi connectivity index (χ3v) is 7.46. The zero-order valence-corrected chi connectivity index (χ0v) is 20.0. The first-order valence-corrected chi connectivity index (χ1v) is 11.9. The van der Waals surface area contributed by atoms with Crippen LogP contribution in [0.25, 0.3) is 0 Å². The van der Waals surface area contributed by atoms with Crippen molar-refractivity contribution in [3.63, 3.8) is 0 Å². The number of carboxylic acid groups (broad SMARTS) is 1. The van der Waals surface area contributed by atoms with Crippen molar-refractivity contribution in [2.24, 2.45) is 11.8 Å². The summed E-state index contributed by atoms with van der Waals surface area (Å²) in [5.41, 5.74) is 0.993. The fourth-order valence-electron chi connectivity index (χ4n) is 5.68.